The fourth-order valence-electron chi connectivity index (χ4n) is 1.53. The molecular weight excluding hydrogens is 212 g/mol. The Hall–Kier alpha value is -1.39. The van der Waals surface area contributed by atoms with Crippen LogP contribution in [0.2, 0.25) is 0 Å². The maximum atomic E-state index is 10.6. The lowest BCUT2D eigenvalue weighted by Crippen LogP contribution is -2.15. The molecule has 2 heterocycles. The van der Waals surface area contributed by atoms with Gasteiger partial charge in [-0.05, 0) is 20.3 Å². The SMILES string of the molecule is CC(=O)C1CCOC1=O.CC1CCC(=O)O1. The van der Waals surface area contributed by atoms with Gasteiger partial charge in [-0.15, -0.1) is 0 Å². The van der Waals surface area contributed by atoms with Gasteiger partial charge in [0.25, 0.3) is 0 Å². The van der Waals surface area contributed by atoms with Crippen LogP contribution in [0.4, 0.5) is 0 Å². The summed E-state index contributed by atoms with van der Waals surface area (Å²) in [6.45, 7) is 3.73. The molecule has 2 fully saturated rings. The number of cyclic esters (lactones) is 2. The molecule has 5 heteroatoms. The van der Waals surface area contributed by atoms with E-state index in [-0.39, 0.29) is 23.8 Å². The van der Waals surface area contributed by atoms with Crippen LogP contribution in [-0.2, 0) is 23.9 Å². The number of hydrogen-bond donors (Lipinski definition) is 0. The minimum Gasteiger partial charge on any atom is -0.465 e. The molecule has 16 heavy (non-hydrogen) atoms. The van der Waals surface area contributed by atoms with Crippen molar-refractivity contribution in [3.05, 3.63) is 0 Å². The number of carbonyl (C=O) groups excluding carboxylic acids is 3. The Bertz CT molecular complexity index is 297. The fourth-order valence-corrected chi connectivity index (χ4v) is 1.53. The molecule has 2 aliphatic rings. The lowest BCUT2D eigenvalue weighted by atomic mass is 10.1. The Morgan fingerprint density at radius 3 is 2.19 bits per heavy atom. The molecular formula is C11H16O5. The van der Waals surface area contributed by atoms with Crippen molar-refractivity contribution in [1.82, 2.24) is 0 Å². The summed E-state index contributed by atoms with van der Waals surface area (Å²) in [4.78, 5) is 31.4. The molecule has 0 amide bonds. The quantitative estimate of drug-likeness (QED) is 0.491. The molecule has 0 aromatic carbocycles. The largest absolute Gasteiger partial charge is 0.465 e. The zero-order valence-electron chi connectivity index (χ0n) is 9.52. The second-order valence-electron chi connectivity index (χ2n) is 3.96. The summed E-state index contributed by atoms with van der Waals surface area (Å²) >= 11 is 0. The molecule has 2 unspecified atom stereocenters. The van der Waals surface area contributed by atoms with Gasteiger partial charge < -0.3 is 9.47 Å². The molecule has 2 atom stereocenters. The molecule has 0 saturated carbocycles. The van der Waals surface area contributed by atoms with Gasteiger partial charge in [0.2, 0.25) is 0 Å². The molecule has 2 rings (SSSR count). The van der Waals surface area contributed by atoms with Crippen LogP contribution >= 0.6 is 0 Å². The molecule has 2 saturated heterocycles. The lowest BCUT2D eigenvalue weighted by molar-refractivity contribution is -0.144. The van der Waals surface area contributed by atoms with E-state index < -0.39 is 5.92 Å². The molecule has 0 aromatic rings. The van der Waals surface area contributed by atoms with Gasteiger partial charge >= 0.3 is 11.9 Å². The summed E-state index contributed by atoms with van der Waals surface area (Å²) in [5.41, 5.74) is 0. The molecule has 0 bridgehead atoms. The first-order valence-corrected chi connectivity index (χ1v) is 5.37. The number of ether oxygens (including phenoxy) is 2. The monoisotopic (exact) mass is 228 g/mol. The number of ketones is 1. The van der Waals surface area contributed by atoms with Crippen molar-refractivity contribution in [3.8, 4) is 0 Å². The van der Waals surface area contributed by atoms with Crippen molar-refractivity contribution >= 4 is 17.7 Å². The van der Waals surface area contributed by atoms with Crippen LogP contribution in [0.5, 0.6) is 0 Å². The summed E-state index contributed by atoms with van der Waals surface area (Å²) in [5.74, 6) is -0.961. The molecule has 90 valence electrons. The van der Waals surface area contributed by atoms with Crippen LogP contribution in [0.25, 0.3) is 0 Å². The number of esters is 2. The smallest absolute Gasteiger partial charge is 0.316 e. The maximum absolute atomic E-state index is 10.6. The summed E-state index contributed by atoms with van der Waals surface area (Å²) in [5, 5.41) is 0. The van der Waals surface area contributed by atoms with E-state index in [2.05, 4.69) is 4.74 Å². The molecule has 0 N–H and O–H groups in total. The zero-order valence-corrected chi connectivity index (χ0v) is 9.52. The van der Waals surface area contributed by atoms with E-state index in [9.17, 15) is 14.4 Å². The van der Waals surface area contributed by atoms with Gasteiger partial charge in [-0.25, -0.2) is 0 Å². The second-order valence-corrected chi connectivity index (χ2v) is 3.96. The molecule has 0 aromatic heterocycles. The second kappa shape index (κ2) is 5.63. The Labute approximate surface area is 94.1 Å². The Morgan fingerprint density at radius 2 is 2.00 bits per heavy atom. The molecule has 0 spiro atoms. The summed E-state index contributed by atoms with van der Waals surface area (Å²) in [6, 6.07) is 0. The summed E-state index contributed by atoms with van der Waals surface area (Å²) in [7, 11) is 0. The average molecular weight is 228 g/mol. The predicted molar refractivity (Wildman–Crippen MR) is 54.5 cm³/mol. The first-order chi connectivity index (χ1) is 7.50. The van der Waals surface area contributed by atoms with Crippen molar-refractivity contribution in [3.63, 3.8) is 0 Å². The van der Waals surface area contributed by atoms with Crippen LogP contribution < -0.4 is 0 Å². The van der Waals surface area contributed by atoms with Gasteiger partial charge in [-0.3, -0.25) is 14.4 Å². The van der Waals surface area contributed by atoms with E-state index in [0.29, 0.717) is 19.4 Å². The molecule has 0 radical (unpaired) electrons. The van der Waals surface area contributed by atoms with Crippen molar-refractivity contribution in [1.29, 1.82) is 0 Å². The first kappa shape index (κ1) is 12.7. The highest BCUT2D eigenvalue weighted by atomic mass is 16.5. The fraction of sp³-hybridized carbons (Fsp3) is 0.727. The van der Waals surface area contributed by atoms with E-state index >= 15 is 0 Å². The Balaban J connectivity index is 0.000000165. The number of rotatable bonds is 1. The van der Waals surface area contributed by atoms with Gasteiger partial charge in [0.15, 0.2) is 0 Å². The van der Waals surface area contributed by atoms with Gasteiger partial charge in [0, 0.05) is 12.8 Å². The van der Waals surface area contributed by atoms with E-state index in [1.807, 2.05) is 6.92 Å². The normalized spacial score (nSPS) is 27.9. The first-order valence-electron chi connectivity index (χ1n) is 5.37. The van der Waals surface area contributed by atoms with Crippen LogP contribution in [0.1, 0.15) is 33.1 Å². The minimum atomic E-state index is -0.468. The maximum Gasteiger partial charge on any atom is 0.316 e. The van der Waals surface area contributed by atoms with Gasteiger partial charge in [-0.2, -0.15) is 0 Å². The third kappa shape index (κ3) is 3.64. The zero-order chi connectivity index (χ0) is 12.1. The van der Waals surface area contributed by atoms with Crippen LogP contribution in [0, 0.1) is 5.92 Å². The molecule has 0 aliphatic carbocycles. The lowest BCUT2D eigenvalue weighted by Gasteiger charge is -1.95. The third-order valence-electron chi connectivity index (χ3n) is 2.51. The van der Waals surface area contributed by atoms with Gasteiger partial charge in [0.1, 0.15) is 11.7 Å². The Morgan fingerprint density at radius 1 is 1.31 bits per heavy atom. The van der Waals surface area contributed by atoms with Crippen LogP contribution in [0.15, 0.2) is 0 Å². The molecule has 2 aliphatic heterocycles. The van der Waals surface area contributed by atoms with Crippen LogP contribution in [0.3, 0.4) is 0 Å². The van der Waals surface area contributed by atoms with Crippen molar-refractivity contribution in [2.75, 3.05) is 6.61 Å². The van der Waals surface area contributed by atoms with Crippen molar-refractivity contribution < 1.29 is 23.9 Å². The third-order valence-corrected chi connectivity index (χ3v) is 2.51. The minimum absolute atomic E-state index is 0.0486. The predicted octanol–water partition coefficient (Wildman–Crippen LogP) is 0.850. The summed E-state index contributed by atoms with van der Waals surface area (Å²) < 4.78 is 9.29. The molecule has 5 nitrogen and oxygen atoms in total. The van der Waals surface area contributed by atoms with Crippen molar-refractivity contribution in [2.45, 2.75) is 39.2 Å². The average Bonchev–Trinajstić information content (AvgIpc) is 2.76. The summed E-state index contributed by atoms with van der Waals surface area (Å²) in [6.07, 6.45) is 2.25. The van der Waals surface area contributed by atoms with Gasteiger partial charge in [0.05, 0.1) is 12.7 Å². The highest BCUT2D eigenvalue weighted by Crippen LogP contribution is 2.14. The topological polar surface area (TPSA) is 69.7 Å². The van der Waals surface area contributed by atoms with Crippen LogP contribution in [-0.4, -0.2) is 30.4 Å². The standard InChI is InChI=1S/C6H8O3.C5H8O2/c1-4(7)5-2-3-9-6(5)8;1-4-2-3-5(6)7-4/h5H,2-3H2,1H3;4H,2-3H2,1H3. The number of Topliss-reactive ketones (excluding diaryl/α,β-unsaturated/α-hetero) is 1. The highest BCUT2D eigenvalue weighted by Gasteiger charge is 2.29. The van der Waals surface area contributed by atoms with E-state index in [1.165, 1.54) is 6.92 Å². The van der Waals surface area contributed by atoms with E-state index in [4.69, 9.17) is 4.74 Å². The van der Waals surface area contributed by atoms with E-state index in [0.717, 1.165) is 6.42 Å². The van der Waals surface area contributed by atoms with Crippen molar-refractivity contribution in [2.24, 2.45) is 5.92 Å². The highest BCUT2D eigenvalue weighted by molar-refractivity contribution is 5.98. The van der Waals surface area contributed by atoms with Gasteiger partial charge in [-0.1, -0.05) is 0 Å². The number of hydrogen-bond acceptors (Lipinski definition) is 5. The number of carbonyl (C=O) groups is 3. The Kier molecular flexibility index (Phi) is 4.46. The van der Waals surface area contributed by atoms with E-state index in [1.54, 1.807) is 0 Å².